The number of benzene rings is 1. The third-order valence-electron chi connectivity index (χ3n) is 4.96. The highest BCUT2D eigenvalue weighted by molar-refractivity contribution is 5.81. The van der Waals surface area contributed by atoms with Gasteiger partial charge in [0.2, 0.25) is 5.91 Å². The Balaban J connectivity index is 1.92. The van der Waals surface area contributed by atoms with Crippen molar-refractivity contribution in [1.82, 2.24) is 10.2 Å². The summed E-state index contributed by atoms with van der Waals surface area (Å²) in [6, 6.07) is 6.79. The third kappa shape index (κ3) is 2.69. The van der Waals surface area contributed by atoms with Gasteiger partial charge in [0.05, 0.1) is 6.54 Å². The van der Waals surface area contributed by atoms with Crippen LogP contribution in [-0.2, 0) is 4.79 Å². The lowest BCUT2D eigenvalue weighted by molar-refractivity contribution is -0.134. The van der Waals surface area contributed by atoms with Crippen LogP contribution in [0, 0.1) is 11.2 Å². The highest BCUT2D eigenvalue weighted by Crippen LogP contribution is 2.42. The van der Waals surface area contributed by atoms with E-state index in [1.54, 1.807) is 6.07 Å². The molecule has 21 heavy (non-hydrogen) atoms. The van der Waals surface area contributed by atoms with Gasteiger partial charge >= 0.3 is 0 Å². The molecule has 0 radical (unpaired) electrons. The number of nitrogens with zero attached hydrogens (tertiary/aromatic N) is 1. The number of rotatable bonds is 2. The zero-order valence-corrected chi connectivity index (χ0v) is 12.7. The Morgan fingerprint density at radius 1 is 1.33 bits per heavy atom. The minimum absolute atomic E-state index is 0.117. The molecule has 3 nitrogen and oxygen atoms in total. The topological polar surface area (TPSA) is 32.3 Å². The van der Waals surface area contributed by atoms with Crippen LogP contribution >= 0.6 is 0 Å². The van der Waals surface area contributed by atoms with E-state index >= 15 is 0 Å². The van der Waals surface area contributed by atoms with Gasteiger partial charge in [-0.25, -0.2) is 4.39 Å². The van der Waals surface area contributed by atoms with Crippen molar-refractivity contribution < 1.29 is 9.18 Å². The Labute approximate surface area is 125 Å². The maximum atomic E-state index is 13.5. The number of halogens is 1. The zero-order valence-electron chi connectivity index (χ0n) is 12.7. The van der Waals surface area contributed by atoms with Crippen molar-refractivity contribution in [3.63, 3.8) is 0 Å². The molecule has 1 saturated heterocycles. The Hall–Kier alpha value is -1.42. The zero-order chi connectivity index (χ0) is 15.0. The second-order valence-electron chi connectivity index (χ2n) is 6.89. The molecule has 1 aromatic rings. The highest BCUT2D eigenvalue weighted by atomic mass is 19.1. The van der Waals surface area contributed by atoms with Crippen molar-refractivity contribution >= 4 is 5.91 Å². The molecule has 4 heteroatoms. The number of hydrogen-bond acceptors (Lipinski definition) is 2. The van der Waals surface area contributed by atoms with Crippen LogP contribution in [0.25, 0.3) is 0 Å². The molecule has 0 aromatic heterocycles. The lowest BCUT2D eigenvalue weighted by atomic mass is 9.72. The summed E-state index contributed by atoms with van der Waals surface area (Å²) in [6.07, 6.45) is 4.36. The number of hydrogen-bond donors (Lipinski definition) is 1. The molecule has 2 unspecified atom stereocenters. The molecular formula is C17H23FN2O. The van der Waals surface area contributed by atoms with E-state index in [0.717, 1.165) is 24.8 Å². The van der Waals surface area contributed by atoms with Gasteiger partial charge < -0.3 is 4.90 Å². The van der Waals surface area contributed by atoms with Crippen LogP contribution in [0.4, 0.5) is 4.39 Å². The largest absolute Gasteiger partial charge is 0.318 e. The second-order valence-corrected chi connectivity index (χ2v) is 6.89. The summed E-state index contributed by atoms with van der Waals surface area (Å²) in [4.78, 5) is 14.4. The number of carbonyl (C=O) groups is 1. The maximum Gasteiger partial charge on any atom is 0.238 e. The molecule has 3 rings (SSSR count). The fourth-order valence-electron chi connectivity index (χ4n) is 3.82. The first-order chi connectivity index (χ1) is 9.99. The first-order valence-corrected chi connectivity index (χ1v) is 7.79. The van der Waals surface area contributed by atoms with E-state index in [2.05, 4.69) is 19.2 Å². The van der Waals surface area contributed by atoms with Crippen molar-refractivity contribution in [3.8, 4) is 0 Å². The van der Waals surface area contributed by atoms with Gasteiger partial charge in [0.15, 0.2) is 0 Å². The SMILES string of the molecule is CC1(C)CCCCC1N1C(=O)CNC1c1cccc(F)c1. The predicted octanol–water partition coefficient (Wildman–Crippen LogP) is 3.22. The molecule has 2 atom stereocenters. The van der Waals surface area contributed by atoms with E-state index in [1.807, 2.05) is 11.0 Å². The average molecular weight is 290 g/mol. The summed E-state index contributed by atoms with van der Waals surface area (Å²) in [5.74, 6) is -0.124. The van der Waals surface area contributed by atoms with Gasteiger partial charge in [-0.15, -0.1) is 0 Å². The van der Waals surface area contributed by atoms with Crippen molar-refractivity contribution in [2.45, 2.75) is 51.7 Å². The van der Waals surface area contributed by atoms with Crippen LogP contribution in [0.5, 0.6) is 0 Å². The smallest absolute Gasteiger partial charge is 0.238 e. The standard InChI is InChI=1S/C17H23FN2O/c1-17(2)9-4-3-8-14(17)20-15(21)11-19-16(20)12-6-5-7-13(18)10-12/h5-7,10,14,16,19H,3-4,8-9,11H2,1-2H3. The van der Waals surface area contributed by atoms with E-state index in [-0.39, 0.29) is 29.3 Å². The Bertz CT molecular complexity index is 543. The molecular weight excluding hydrogens is 267 g/mol. The van der Waals surface area contributed by atoms with Crippen LogP contribution in [0.15, 0.2) is 24.3 Å². The summed E-state index contributed by atoms with van der Waals surface area (Å²) in [5.41, 5.74) is 0.952. The van der Waals surface area contributed by atoms with E-state index in [4.69, 9.17) is 0 Å². The summed E-state index contributed by atoms with van der Waals surface area (Å²) < 4.78 is 13.5. The molecule has 2 fully saturated rings. The number of carbonyl (C=O) groups excluding carboxylic acids is 1. The molecule has 0 bridgehead atoms. The molecule has 114 valence electrons. The minimum Gasteiger partial charge on any atom is -0.318 e. The third-order valence-corrected chi connectivity index (χ3v) is 4.96. The van der Waals surface area contributed by atoms with Crippen molar-refractivity contribution in [3.05, 3.63) is 35.6 Å². The Morgan fingerprint density at radius 3 is 2.86 bits per heavy atom. The van der Waals surface area contributed by atoms with E-state index in [1.165, 1.54) is 18.6 Å². The van der Waals surface area contributed by atoms with Crippen LogP contribution in [0.3, 0.4) is 0 Å². The van der Waals surface area contributed by atoms with Gasteiger partial charge in [0.1, 0.15) is 12.0 Å². The van der Waals surface area contributed by atoms with Gasteiger partial charge in [0, 0.05) is 6.04 Å². The highest BCUT2D eigenvalue weighted by Gasteiger charge is 2.44. The van der Waals surface area contributed by atoms with Gasteiger partial charge in [-0.2, -0.15) is 0 Å². The van der Waals surface area contributed by atoms with Gasteiger partial charge in [0.25, 0.3) is 0 Å². The van der Waals surface area contributed by atoms with Crippen molar-refractivity contribution in [2.24, 2.45) is 5.41 Å². The molecule has 0 spiro atoms. The molecule has 1 aliphatic carbocycles. The Kier molecular flexibility index (Phi) is 3.74. The maximum absolute atomic E-state index is 13.5. The second kappa shape index (κ2) is 5.41. The van der Waals surface area contributed by atoms with Crippen LogP contribution < -0.4 is 5.32 Å². The predicted molar refractivity (Wildman–Crippen MR) is 80.0 cm³/mol. The van der Waals surface area contributed by atoms with Gasteiger partial charge in [-0.1, -0.05) is 38.8 Å². The monoisotopic (exact) mass is 290 g/mol. The Morgan fingerprint density at radius 2 is 2.14 bits per heavy atom. The molecule has 1 heterocycles. The summed E-state index contributed by atoms with van der Waals surface area (Å²) >= 11 is 0. The first-order valence-electron chi connectivity index (χ1n) is 7.79. The molecule has 1 amide bonds. The van der Waals surface area contributed by atoms with E-state index < -0.39 is 0 Å². The normalized spacial score (nSPS) is 28.9. The van der Waals surface area contributed by atoms with Crippen LogP contribution in [0.2, 0.25) is 0 Å². The van der Waals surface area contributed by atoms with Crippen LogP contribution in [0.1, 0.15) is 51.3 Å². The van der Waals surface area contributed by atoms with Crippen LogP contribution in [-0.4, -0.2) is 23.4 Å². The quantitative estimate of drug-likeness (QED) is 0.907. The van der Waals surface area contributed by atoms with E-state index in [0.29, 0.717) is 6.54 Å². The summed E-state index contributed by atoms with van der Waals surface area (Å²) in [7, 11) is 0. The summed E-state index contributed by atoms with van der Waals surface area (Å²) in [6.45, 7) is 4.82. The van der Waals surface area contributed by atoms with Crippen molar-refractivity contribution in [1.29, 1.82) is 0 Å². The van der Waals surface area contributed by atoms with Gasteiger partial charge in [-0.3, -0.25) is 10.1 Å². The molecule has 1 N–H and O–H groups in total. The molecule has 2 aliphatic rings. The van der Waals surface area contributed by atoms with Crippen molar-refractivity contribution in [2.75, 3.05) is 6.54 Å². The fourth-order valence-corrected chi connectivity index (χ4v) is 3.82. The molecule has 1 aliphatic heterocycles. The lowest BCUT2D eigenvalue weighted by Crippen LogP contribution is -2.49. The van der Waals surface area contributed by atoms with E-state index in [9.17, 15) is 9.18 Å². The fraction of sp³-hybridized carbons (Fsp3) is 0.588. The molecule has 1 aromatic carbocycles. The first kappa shape index (κ1) is 14.5. The number of nitrogens with one attached hydrogen (secondary N) is 1. The number of amides is 1. The minimum atomic E-state index is -0.253. The summed E-state index contributed by atoms with van der Waals surface area (Å²) in [5, 5.41) is 3.24. The molecule has 1 saturated carbocycles. The lowest BCUT2D eigenvalue weighted by Gasteiger charge is -2.45. The average Bonchev–Trinajstić information content (AvgIpc) is 2.80. The van der Waals surface area contributed by atoms with Gasteiger partial charge in [-0.05, 0) is 36.0 Å².